The van der Waals surface area contributed by atoms with E-state index in [1.807, 2.05) is 18.3 Å². The number of carbonyl (C=O) groups excluding carboxylic acids is 1. The molecule has 25 heavy (non-hydrogen) atoms. The third-order valence-electron chi connectivity index (χ3n) is 5.22. The fourth-order valence-corrected chi connectivity index (χ4v) is 4.06. The Morgan fingerprint density at radius 3 is 2.76 bits per heavy atom. The van der Waals surface area contributed by atoms with Gasteiger partial charge in [0, 0.05) is 19.5 Å². The lowest BCUT2D eigenvalue weighted by molar-refractivity contribution is -0.119. The molecule has 0 aliphatic carbocycles. The number of amides is 1. The van der Waals surface area contributed by atoms with Gasteiger partial charge >= 0.3 is 0 Å². The van der Waals surface area contributed by atoms with Crippen LogP contribution < -0.4 is 5.32 Å². The van der Waals surface area contributed by atoms with Crippen LogP contribution in [0.25, 0.3) is 5.69 Å². The van der Waals surface area contributed by atoms with E-state index in [0.29, 0.717) is 16.5 Å². The van der Waals surface area contributed by atoms with Crippen LogP contribution in [0.1, 0.15) is 25.0 Å². The summed E-state index contributed by atoms with van der Waals surface area (Å²) in [5.41, 5.74) is 1.79. The van der Waals surface area contributed by atoms with Crippen LogP contribution >= 0.6 is 23.2 Å². The van der Waals surface area contributed by atoms with E-state index >= 15 is 0 Å². The van der Waals surface area contributed by atoms with E-state index in [4.69, 9.17) is 23.2 Å². The van der Waals surface area contributed by atoms with Gasteiger partial charge in [-0.05, 0) is 43.5 Å². The minimum absolute atomic E-state index is 0.166. The van der Waals surface area contributed by atoms with Crippen LogP contribution in [0.5, 0.6) is 0 Å². The van der Waals surface area contributed by atoms with E-state index in [-0.39, 0.29) is 11.3 Å². The zero-order valence-corrected chi connectivity index (χ0v) is 15.2. The Labute approximate surface area is 156 Å². The molecule has 0 bridgehead atoms. The number of benzene rings is 1. The third kappa shape index (κ3) is 3.38. The van der Waals surface area contributed by atoms with Crippen molar-refractivity contribution in [2.75, 3.05) is 19.6 Å². The number of rotatable bonds is 3. The maximum Gasteiger partial charge on any atom is 0.220 e. The molecule has 2 saturated heterocycles. The largest absolute Gasteiger partial charge is 0.356 e. The van der Waals surface area contributed by atoms with Crippen molar-refractivity contribution in [1.29, 1.82) is 0 Å². The maximum absolute atomic E-state index is 11.5. The standard InChI is InChI=1S/C17H19Cl2N5O/c18-13-2-1-3-14(16(13)19)24-10-12(21-22-24)9-23-6-4-17(5-7-23)8-15(25)20-11-17/h1-3,10H,4-9,11H2,(H,20,25). The molecule has 1 amide bonds. The number of nitrogens with zero attached hydrogens (tertiary/aromatic N) is 4. The number of hydrogen-bond donors (Lipinski definition) is 1. The normalized spacial score (nSPS) is 20.2. The van der Waals surface area contributed by atoms with Gasteiger partial charge in [0.1, 0.15) is 0 Å². The van der Waals surface area contributed by atoms with Gasteiger partial charge < -0.3 is 5.32 Å². The molecule has 0 atom stereocenters. The predicted molar refractivity (Wildman–Crippen MR) is 95.9 cm³/mol. The Kier molecular flexibility index (Phi) is 4.43. The van der Waals surface area contributed by atoms with E-state index in [1.165, 1.54) is 0 Å². The summed E-state index contributed by atoms with van der Waals surface area (Å²) in [6.45, 7) is 3.51. The first-order valence-corrected chi connectivity index (χ1v) is 9.15. The van der Waals surface area contributed by atoms with Crippen LogP contribution in [0.15, 0.2) is 24.4 Å². The first-order chi connectivity index (χ1) is 12.0. The lowest BCUT2D eigenvalue weighted by Gasteiger charge is -2.37. The smallest absolute Gasteiger partial charge is 0.220 e. The zero-order chi connectivity index (χ0) is 17.4. The number of halogens is 2. The van der Waals surface area contributed by atoms with Crippen molar-refractivity contribution >= 4 is 29.1 Å². The summed E-state index contributed by atoms with van der Waals surface area (Å²) in [7, 11) is 0. The molecule has 2 fully saturated rings. The van der Waals surface area contributed by atoms with Crippen LogP contribution in [0, 0.1) is 5.41 Å². The summed E-state index contributed by atoms with van der Waals surface area (Å²) in [6.07, 6.45) is 4.65. The minimum atomic E-state index is 0.166. The number of nitrogens with one attached hydrogen (secondary N) is 1. The number of hydrogen-bond acceptors (Lipinski definition) is 4. The minimum Gasteiger partial charge on any atom is -0.356 e. The highest BCUT2D eigenvalue weighted by molar-refractivity contribution is 6.43. The molecule has 0 radical (unpaired) electrons. The first kappa shape index (κ1) is 16.8. The average molecular weight is 380 g/mol. The molecule has 4 rings (SSSR count). The molecule has 0 saturated carbocycles. The molecule has 1 aromatic heterocycles. The fraction of sp³-hybridized carbons (Fsp3) is 0.471. The zero-order valence-electron chi connectivity index (χ0n) is 13.7. The predicted octanol–water partition coefficient (Wildman–Crippen LogP) is 2.68. The maximum atomic E-state index is 11.5. The van der Waals surface area contributed by atoms with Crippen LogP contribution in [-0.2, 0) is 11.3 Å². The summed E-state index contributed by atoms with van der Waals surface area (Å²) in [4.78, 5) is 13.9. The highest BCUT2D eigenvalue weighted by atomic mass is 35.5. The fourth-order valence-electron chi connectivity index (χ4n) is 3.68. The Morgan fingerprint density at radius 1 is 1.24 bits per heavy atom. The van der Waals surface area contributed by atoms with E-state index in [2.05, 4.69) is 20.5 Å². The molecule has 8 heteroatoms. The van der Waals surface area contributed by atoms with Crippen molar-refractivity contribution in [2.24, 2.45) is 5.41 Å². The number of likely N-dealkylation sites (tertiary alicyclic amines) is 1. The molecule has 0 unspecified atom stereocenters. The van der Waals surface area contributed by atoms with E-state index < -0.39 is 0 Å². The second kappa shape index (κ2) is 6.59. The van der Waals surface area contributed by atoms with Crippen molar-refractivity contribution < 1.29 is 4.79 Å². The van der Waals surface area contributed by atoms with Gasteiger partial charge in [0.15, 0.2) is 0 Å². The van der Waals surface area contributed by atoms with Crippen LogP contribution in [0.2, 0.25) is 10.0 Å². The Bertz CT molecular complexity index is 798. The molecule has 2 aliphatic rings. The lowest BCUT2D eigenvalue weighted by atomic mass is 9.77. The van der Waals surface area contributed by atoms with Crippen molar-refractivity contribution in [3.05, 3.63) is 40.1 Å². The van der Waals surface area contributed by atoms with Crippen LogP contribution in [-0.4, -0.2) is 45.4 Å². The summed E-state index contributed by atoms with van der Waals surface area (Å²) in [6, 6.07) is 5.45. The third-order valence-corrected chi connectivity index (χ3v) is 6.03. The van der Waals surface area contributed by atoms with Crippen molar-refractivity contribution in [2.45, 2.75) is 25.8 Å². The van der Waals surface area contributed by atoms with Gasteiger partial charge in [-0.1, -0.05) is 34.5 Å². The van der Waals surface area contributed by atoms with Crippen molar-refractivity contribution in [3.63, 3.8) is 0 Å². The molecule has 6 nitrogen and oxygen atoms in total. The summed E-state index contributed by atoms with van der Waals surface area (Å²) < 4.78 is 1.66. The molecule has 3 heterocycles. The monoisotopic (exact) mass is 379 g/mol. The van der Waals surface area contributed by atoms with Gasteiger partial charge in [-0.2, -0.15) is 0 Å². The molecule has 1 N–H and O–H groups in total. The second-order valence-corrected chi connectivity index (χ2v) is 7.74. The SMILES string of the molecule is O=C1CC2(CCN(Cc3cn(-c4cccc(Cl)c4Cl)nn3)CC2)CN1. The first-order valence-electron chi connectivity index (χ1n) is 8.39. The summed E-state index contributed by atoms with van der Waals surface area (Å²) >= 11 is 12.3. The van der Waals surface area contributed by atoms with Crippen LogP contribution in [0.4, 0.5) is 0 Å². The highest BCUT2D eigenvalue weighted by Crippen LogP contribution is 2.37. The average Bonchev–Trinajstić information content (AvgIpc) is 3.20. The van der Waals surface area contributed by atoms with E-state index in [0.717, 1.165) is 50.4 Å². The van der Waals surface area contributed by atoms with Gasteiger partial charge in [0.25, 0.3) is 0 Å². The Balaban J connectivity index is 1.41. The lowest BCUT2D eigenvalue weighted by Crippen LogP contribution is -2.40. The Morgan fingerprint density at radius 2 is 2.04 bits per heavy atom. The summed E-state index contributed by atoms with van der Waals surface area (Å²) in [5, 5.41) is 12.4. The number of piperidine rings is 1. The molecule has 132 valence electrons. The Hall–Kier alpha value is -1.63. The van der Waals surface area contributed by atoms with Gasteiger partial charge in [0.05, 0.1) is 27.6 Å². The molecular formula is C17H19Cl2N5O. The number of carbonyl (C=O) groups is 1. The molecule has 1 aromatic carbocycles. The number of aromatic nitrogens is 3. The second-order valence-electron chi connectivity index (χ2n) is 6.96. The van der Waals surface area contributed by atoms with Gasteiger partial charge in [-0.3, -0.25) is 9.69 Å². The van der Waals surface area contributed by atoms with Gasteiger partial charge in [-0.15, -0.1) is 5.10 Å². The molecule has 1 spiro atoms. The highest BCUT2D eigenvalue weighted by Gasteiger charge is 2.40. The molecule has 2 aliphatic heterocycles. The van der Waals surface area contributed by atoms with Gasteiger partial charge in [0.2, 0.25) is 5.91 Å². The van der Waals surface area contributed by atoms with Crippen molar-refractivity contribution in [3.8, 4) is 5.69 Å². The topological polar surface area (TPSA) is 63.1 Å². The molecular weight excluding hydrogens is 361 g/mol. The van der Waals surface area contributed by atoms with E-state index in [1.54, 1.807) is 10.7 Å². The van der Waals surface area contributed by atoms with Gasteiger partial charge in [-0.25, -0.2) is 4.68 Å². The van der Waals surface area contributed by atoms with Crippen molar-refractivity contribution in [1.82, 2.24) is 25.2 Å². The quantitative estimate of drug-likeness (QED) is 0.890. The summed E-state index contributed by atoms with van der Waals surface area (Å²) in [5.74, 6) is 0.190. The van der Waals surface area contributed by atoms with Crippen LogP contribution in [0.3, 0.4) is 0 Å². The molecule has 2 aromatic rings. The van der Waals surface area contributed by atoms with E-state index in [9.17, 15) is 4.79 Å².